The number of para-hydroxylation sites is 1. The summed E-state index contributed by atoms with van der Waals surface area (Å²) in [6.07, 6.45) is 5.34. The van der Waals surface area contributed by atoms with Crippen molar-refractivity contribution in [2.24, 2.45) is 5.92 Å². The zero-order chi connectivity index (χ0) is 20.2. The number of morpholine rings is 1. The Kier molecular flexibility index (Phi) is 6.83. The predicted octanol–water partition coefficient (Wildman–Crippen LogP) is 3.97. The Morgan fingerprint density at radius 1 is 1.17 bits per heavy atom. The van der Waals surface area contributed by atoms with Crippen molar-refractivity contribution >= 4 is 27.5 Å². The predicted molar refractivity (Wildman–Crippen MR) is 118 cm³/mol. The molecule has 1 aromatic carbocycles. The van der Waals surface area contributed by atoms with E-state index in [1.165, 1.54) is 4.70 Å². The molecule has 5 nitrogen and oxygen atoms in total. The van der Waals surface area contributed by atoms with Gasteiger partial charge in [0, 0.05) is 39.1 Å². The fourth-order valence-electron chi connectivity index (χ4n) is 4.74. The summed E-state index contributed by atoms with van der Waals surface area (Å²) in [6, 6.07) is 8.25. The van der Waals surface area contributed by atoms with E-state index in [1.54, 1.807) is 11.3 Å². The number of likely N-dealkylation sites (tertiary alicyclic amines) is 1. The van der Waals surface area contributed by atoms with Crippen LogP contribution >= 0.6 is 11.3 Å². The Bertz CT molecular complexity index is 772. The summed E-state index contributed by atoms with van der Waals surface area (Å²) in [5.74, 6) is 1.03. The molecule has 2 aliphatic rings. The molecule has 29 heavy (non-hydrogen) atoms. The van der Waals surface area contributed by atoms with E-state index >= 15 is 0 Å². The minimum absolute atomic E-state index is 0.318. The van der Waals surface area contributed by atoms with E-state index in [-0.39, 0.29) is 0 Å². The van der Waals surface area contributed by atoms with Crippen molar-refractivity contribution < 1.29 is 9.53 Å². The third kappa shape index (κ3) is 5.56. The standard InChI is InChI=1S/C23H33N3O2S/c1-17-14-25(15-18(2)28-17)16-19-10-12-26(13-11-19)23(27)9-5-8-22-24-20-6-3-4-7-21(20)29-22/h3-4,6-7,17-19H,5,8-16H2,1-2H3. The van der Waals surface area contributed by atoms with Crippen molar-refractivity contribution in [3.63, 3.8) is 0 Å². The second-order valence-electron chi connectivity index (χ2n) is 8.73. The number of aryl methyl sites for hydroxylation is 1. The lowest BCUT2D eigenvalue weighted by Gasteiger charge is -2.39. The zero-order valence-corrected chi connectivity index (χ0v) is 18.5. The third-order valence-electron chi connectivity index (χ3n) is 6.10. The number of aromatic nitrogens is 1. The molecule has 2 fully saturated rings. The van der Waals surface area contributed by atoms with Crippen molar-refractivity contribution in [1.29, 1.82) is 0 Å². The number of nitrogens with zero attached hydrogens (tertiary/aromatic N) is 3. The Balaban J connectivity index is 1.17. The topological polar surface area (TPSA) is 45.7 Å². The van der Waals surface area contributed by atoms with Crippen LogP contribution in [-0.4, -0.2) is 65.6 Å². The molecule has 2 aromatic rings. The van der Waals surface area contributed by atoms with E-state index in [9.17, 15) is 4.79 Å². The van der Waals surface area contributed by atoms with Crippen molar-refractivity contribution in [2.45, 2.75) is 58.2 Å². The summed E-state index contributed by atoms with van der Waals surface area (Å²) < 4.78 is 7.08. The van der Waals surface area contributed by atoms with Crippen LogP contribution in [0.15, 0.2) is 24.3 Å². The number of ether oxygens (including phenoxy) is 1. The smallest absolute Gasteiger partial charge is 0.222 e. The number of carbonyl (C=O) groups is 1. The first-order chi connectivity index (χ1) is 14.1. The fraction of sp³-hybridized carbons (Fsp3) is 0.652. The van der Waals surface area contributed by atoms with Gasteiger partial charge in [-0.05, 0) is 57.6 Å². The first kappa shape index (κ1) is 20.8. The molecule has 3 heterocycles. The molecule has 1 aromatic heterocycles. The quantitative estimate of drug-likeness (QED) is 0.716. The molecule has 0 spiro atoms. The summed E-state index contributed by atoms with van der Waals surface area (Å²) in [4.78, 5) is 21.9. The molecule has 0 saturated carbocycles. The Morgan fingerprint density at radius 3 is 2.62 bits per heavy atom. The van der Waals surface area contributed by atoms with Crippen LogP contribution in [0.4, 0.5) is 0 Å². The van der Waals surface area contributed by atoms with Crippen LogP contribution in [-0.2, 0) is 16.0 Å². The van der Waals surface area contributed by atoms with E-state index in [0.29, 0.717) is 30.5 Å². The van der Waals surface area contributed by atoms with Gasteiger partial charge in [-0.25, -0.2) is 4.98 Å². The van der Waals surface area contributed by atoms with Gasteiger partial charge in [0.05, 0.1) is 27.4 Å². The van der Waals surface area contributed by atoms with Gasteiger partial charge in [0.25, 0.3) is 0 Å². The lowest BCUT2D eigenvalue weighted by Crippen LogP contribution is -2.48. The molecule has 0 aliphatic carbocycles. The molecule has 0 bridgehead atoms. The maximum absolute atomic E-state index is 12.6. The molecular weight excluding hydrogens is 382 g/mol. The number of amides is 1. The lowest BCUT2D eigenvalue weighted by molar-refractivity contribution is -0.132. The number of rotatable bonds is 6. The van der Waals surface area contributed by atoms with Crippen LogP contribution in [0.25, 0.3) is 10.2 Å². The molecule has 2 aliphatic heterocycles. The average Bonchev–Trinajstić information content (AvgIpc) is 3.10. The lowest BCUT2D eigenvalue weighted by atomic mass is 9.95. The number of carbonyl (C=O) groups excluding carboxylic acids is 1. The number of piperidine rings is 1. The Labute approximate surface area is 178 Å². The summed E-state index contributed by atoms with van der Waals surface area (Å²) in [7, 11) is 0. The highest BCUT2D eigenvalue weighted by Crippen LogP contribution is 2.24. The van der Waals surface area contributed by atoms with Gasteiger partial charge >= 0.3 is 0 Å². The van der Waals surface area contributed by atoms with Crippen molar-refractivity contribution in [2.75, 3.05) is 32.7 Å². The normalized spacial score (nSPS) is 24.3. The van der Waals surface area contributed by atoms with Crippen LogP contribution < -0.4 is 0 Å². The monoisotopic (exact) mass is 415 g/mol. The highest BCUT2D eigenvalue weighted by atomic mass is 32.1. The van der Waals surface area contributed by atoms with Gasteiger partial charge < -0.3 is 9.64 Å². The summed E-state index contributed by atoms with van der Waals surface area (Å²) >= 11 is 1.75. The Hall–Kier alpha value is -1.50. The molecule has 1 amide bonds. The van der Waals surface area contributed by atoms with Gasteiger partial charge in [0.1, 0.15) is 0 Å². The second-order valence-corrected chi connectivity index (χ2v) is 9.84. The zero-order valence-electron chi connectivity index (χ0n) is 17.7. The third-order valence-corrected chi connectivity index (χ3v) is 7.19. The minimum atomic E-state index is 0.318. The van der Waals surface area contributed by atoms with Gasteiger partial charge in [-0.15, -0.1) is 11.3 Å². The number of benzene rings is 1. The maximum atomic E-state index is 12.6. The Morgan fingerprint density at radius 2 is 1.90 bits per heavy atom. The average molecular weight is 416 g/mol. The summed E-state index contributed by atoms with van der Waals surface area (Å²) in [6.45, 7) is 9.39. The molecule has 158 valence electrons. The van der Waals surface area contributed by atoms with E-state index in [0.717, 1.165) is 68.9 Å². The highest BCUT2D eigenvalue weighted by molar-refractivity contribution is 7.18. The number of hydrogen-bond donors (Lipinski definition) is 0. The number of thiazole rings is 1. The van der Waals surface area contributed by atoms with E-state index in [2.05, 4.69) is 46.8 Å². The minimum Gasteiger partial charge on any atom is -0.373 e. The molecule has 4 rings (SSSR count). The van der Waals surface area contributed by atoms with E-state index < -0.39 is 0 Å². The molecule has 0 radical (unpaired) electrons. The van der Waals surface area contributed by atoms with Crippen LogP contribution in [0.5, 0.6) is 0 Å². The fourth-order valence-corrected chi connectivity index (χ4v) is 5.75. The largest absolute Gasteiger partial charge is 0.373 e. The second kappa shape index (κ2) is 9.54. The van der Waals surface area contributed by atoms with E-state index in [4.69, 9.17) is 4.74 Å². The van der Waals surface area contributed by atoms with Crippen molar-refractivity contribution in [1.82, 2.24) is 14.8 Å². The molecule has 2 unspecified atom stereocenters. The van der Waals surface area contributed by atoms with Gasteiger partial charge in [-0.3, -0.25) is 9.69 Å². The SMILES string of the molecule is CC1CN(CC2CCN(C(=O)CCCc3nc4ccccc4s3)CC2)CC(C)O1. The van der Waals surface area contributed by atoms with Crippen molar-refractivity contribution in [3.8, 4) is 0 Å². The van der Waals surface area contributed by atoms with Gasteiger partial charge in [0.2, 0.25) is 5.91 Å². The van der Waals surface area contributed by atoms with Gasteiger partial charge in [-0.1, -0.05) is 12.1 Å². The van der Waals surface area contributed by atoms with Crippen molar-refractivity contribution in [3.05, 3.63) is 29.3 Å². The summed E-state index contributed by atoms with van der Waals surface area (Å²) in [5.41, 5.74) is 1.07. The van der Waals surface area contributed by atoms with Crippen LogP contribution in [0.2, 0.25) is 0 Å². The highest BCUT2D eigenvalue weighted by Gasteiger charge is 2.27. The first-order valence-electron chi connectivity index (χ1n) is 11.1. The number of hydrogen-bond acceptors (Lipinski definition) is 5. The molecule has 0 N–H and O–H groups in total. The van der Waals surface area contributed by atoms with Crippen LogP contribution in [0, 0.1) is 5.92 Å². The molecule has 2 saturated heterocycles. The number of fused-ring (bicyclic) bond motifs is 1. The molecular formula is C23H33N3O2S. The first-order valence-corrected chi connectivity index (χ1v) is 11.9. The van der Waals surface area contributed by atoms with Crippen LogP contribution in [0.1, 0.15) is 44.5 Å². The molecule has 2 atom stereocenters. The maximum Gasteiger partial charge on any atom is 0.222 e. The van der Waals surface area contributed by atoms with Gasteiger partial charge in [-0.2, -0.15) is 0 Å². The summed E-state index contributed by atoms with van der Waals surface area (Å²) in [5, 5.41) is 1.15. The van der Waals surface area contributed by atoms with Crippen LogP contribution in [0.3, 0.4) is 0 Å². The van der Waals surface area contributed by atoms with E-state index in [1.807, 2.05) is 6.07 Å². The van der Waals surface area contributed by atoms with Gasteiger partial charge in [0.15, 0.2) is 0 Å². The molecule has 6 heteroatoms.